The third-order valence-corrected chi connectivity index (χ3v) is 14.2. The van der Waals surface area contributed by atoms with Crippen molar-refractivity contribution in [3.63, 3.8) is 0 Å². The number of fused-ring (bicyclic) bond motifs is 7. The van der Waals surface area contributed by atoms with E-state index in [0.29, 0.717) is 36.8 Å². The highest BCUT2D eigenvalue weighted by molar-refractivity contribution is 6.32. The van der Waals surface area contributed by atoms with Gasteiger partial charge in [0.2, 0.25) is 5.91 Å². The average Bonchev–Trinajstić information content (AvgIpc) is 2.91. The molecule has 0 aromatic heterocycles. The lowest BCUT2D eigenvalue weighted by Gasteiger charge is -2.69. The van der Waals surface area contributed by atoms with Crippen molar-refractivity contribution in [2.24, 2.45) is 44.8 Å². The molecule has 0 radical (unpaired) electrons. The van der Waals surface area contributed by atoms with Crippen LogP contribution in [0.15, 0.2) is 22.3 Å². The van der Waals surface area contributed by atoms with Gasteiger partial charge in [0.05, 0.1) is 5.41 Å². The van der Waals surface area contributed by atoms with Crippen molar-refractivity contribution < 1.29 is 14.3 Å². The van der Waals surface area contributed by atoms with Crippen LogP contribution in [0.4, 0.5) is 0 Å². The van der Waals surface area contributed by atoms with Gasteiger partial charge in [-0.3, -0.25) is 9.59 Å². The number of nitrogens with one attached hydrogen (secondary N) is 1. The number of carbonyl (C=O) groups excluding carboxylic acids is 2. The lowest BCUT2D eigenvalue weighted by atomic mass is 9.36. The molecule has 4 saturated carbocycles. The molecule has 6 aliphatic rings. The fraction of sp³-hybridized carbons (Fsp3) is 0.829. The normalized spacial score (nSPS) is 47.8. The number of amides is 1. The summed E-state index contributed by atoms with van der Waals surface area (Å²) in [6.07, 6.45) is 12.0. The third-order valence-electron chi connectivity index (χ3n) is 14.0. The van der Waals surface area contributed by atoms with Crippen molar-refractivity contribution in [1.29, 1.82) is 0 Å². The highest BCUT2D eigenvalue weighted by Gasteiger charge is 2.69. The zero-order valence-electron chi connectivity index (χ0n) is 26.6. The Kier molecular flexibility index (Phi) is 7.14. The van der Waals surface area contributed by atoms with Crippen LogP contribution in [0.1, 0.15) is 106 Å². The zero-order chi connectivity index (χ0) is 29.6. The van der Waals surface area contributed by atoms with Crippen molar-refractivity contribution in [1.82, 2.24) is 10.2 Å². The quantitative estimate of drug-likeness (QED) is 0.347. The van der Waals surface area contributed by atoms with Crippen LogP contribution in [0.5, 0.6) is 0 Å². The Morgan fingerprint density at radius 3 is 2.34 bits per heavy atom. The Balaban J connectivity index is 1.48. The first-order valence-electron chi connectivity index (χ1n) is 16.5. The second kappa shape index (κ2) is 9.84. The maximum Gasteiger partial charge on any atom is 0.302 e. The minimum atomic E-state index is -0.782. The molecule has 5 fully saturated rings. The summed E-state index contributed by atoms with van der Waals surface area (Å²) in [4.78, 5) is 28.9. The summed E-state index contributed by atoms with van der Waals surface area (Å²) in [5, 5.41) is 4.33. The molecule has 2 unspecified atom stereocenters. The molecule has 1 saturated heterocycles. The molecule has 228 valence electrons. The van der Waals surface area contributed by atoms with E-state index in [0.717, 1.165) is 37.4 Å². The number of esters is 1. The number of piperazine rings is 1. The zero-order valence-corrected chi connectivity index (χ0v) is 27.4. The topological polar surface area (TPSA) is 58.6 Å². The van der Waals surface area contributed by atoms with Crippen molar-refractivity contribution in [3.8, 4) is 0 Å². The minimum Gasteiger partial charge on any atom is -0.461 e. The van der Waals surface area contributed by atoms with Gasteiger partial charge >= 0.3 is 5.97 Å². The number of nitrogens with zero attached hydrogens (tertiary/aromatic N) is 1. The lowest BCUT2D eigenvalue weighted by Crippen LogP contribution is -2.66. The summed E-state index contributed by atoms with van der Waals surface area (Å²) >= 11 is 7.55. The van der Waals surface area contributed by atoms with E-state index in [1.807, 2.05) is 4.90 Å². The van der Waals surface area contributed by atoms with Crippen molar-refractivity contribution in [2.45, 2.75) is 112 Å². The number of halogens is 1. The van der Waals surface area contributed by atoms with Crippen LogP contribution in [0, 0.1) is 44.8 Å². The maximum atomic E-state index is 14.6. The first-order valence-corrected chi connectivity index (χ1v) is 16.9. The van der Waals surface area contributed by atoms with E-state index in [4.69, 9.17) is 16.3 Å². The fourth-order valence-corrected chi connectivity index (χ4v) is 12.3. The summed E-state index contributed by atoms with van der Waals surface area (Å²) in [5.74, 6) is 1.20. The van der Waals surface area contributed by atoms with Gasteiger partial charge in [0.1, 0.15) is 6.10 Å². The number of allylic oxidation sites excluding steroid dienone is 4. The molecular formula is C35H53ClN2O3. The second-order valence-electron chi connectivity index (χ2n) is 16.0. The third kappa shape index (κ3) is 4.02. The van der Waals surface area contributed by atoms with Crippen LogP contribution in [0.3, 0.4) is 0 Å². The highest BCUT2D eigenvalue weighted by atomic mass is 35.5. The Morgan fingerprint density at radius 1 is 0.951 bits per heavy atom. The molecule has 9 atom stereocenters. The van der Waals surface area contributed by atoms with Crippen LogP contribution in [0.2, 0.25) is 0 Å². The van der Waals surface area contributed by atoms with E-state index >= 15 is 0 Å². The van der Waals surface area contributed by atoms with Gasteiger partial charge in [0.25, 0.3) is 0 Å². The van der Waals surface area contributed by atoms with Gasteiger partial charge in [-0.1, -0.05) is 64.6 Å². The molecule has 1 N–H and O–H groups in total. The first-order chi connectivity index (χ1) is 19.2. The summed E-state index contributed by atoms with van der Waals surface area (Å²) in [6, 6.07) is 0. The van der Waals surface area contributed by atoms with Crippen LogP contribution in [-0.4, -0.2) is 49.1 Å². The van der Waals surface area contributed by atoms with Crippen molar-refractivity contribution in [3.05, 3.63) is 22.3 Å². The molecule has 1 aliphatic heterocycles. The van der Waals surface area contributed by atoms with Crippen molar-refractivity contribution in [2.75, 3.05) is 26.2 Å². The van der Waals surface area contributed by atoms with E-state index in [1.54, 1.807) is 5.57 Å². The SMILES string of the molecule is CC(=O)O[C@@H]1CC[C@]2(C)C3=C(Cl)C=C4C5[C@@H](C)CCC[C@]5(C)CC[C@@]4(C)[C@]3(C)CCC2[C@@]1(C)C(=O)N1CCNCC1. The molecule has 1 amide bonds. The number of hydrogen-bond donors (Lipinski definition) is 1. The minimum absolute atomic E-state index is 0.0504. The average molecular weight is 585 g/mol. The summed E-state index contributed by atoms with van der Waals surface area (Å²) in [6.45, 7) is 19.1. The molecule has 1 heterocycles. The predicted molar refractivity (Wildman–Crippen MR) is 164 cm³/mol. The van der Waals surface area contributed by atoms with Gasteiger partial charge in [-0.15, -0.1) is 0 Å². The molecule has 6 rings (SSSR count). The van der Waals surface area contributed by atoms with E-state index in [-0.39, 0.29) is 34.0 Å². The molecule has 5 aliphatic carbocycles. The van der Waals surface area contributed by atoms with Gasteiger partial charge in [0.15, 0.2) is 0 Å². The Morgan fingerprint density at radius 2 is 1.66 bits per heavy atom. The largest absolute Gasteiger partial charge is 0.461 e. The summed E-state index contributed by atoms with van der Waals surface area (Å²) < 4.78 is 6.03. The summed E-state index contributed by atoms with van der Waals surface area (Å²) in [5.41, 5.74) is 2.37. The Bertz CT molecular complexity index is 1190. The van der Waals surface area contributed by atoms with Crippen molar-refractivity contribution >= 4 is 23.5 Å². The lowest BCUT2D eigenvalue weighted by molar-refractivity contribution is -0.188. The number of rotatable bonds is 2. The Labute approximate surface area is 253 Å². The molecule has 41 heavy (non-hydrogen) atoms. The van der Waals surface area contributed by atoms with Crippen LogP contribution >= 0.6 is 11.6 Å². The standard InChI is InChI=1S/C35H53ClN2O3/c1-22-9-8-12-31(3)15-16-33(5)24(28(22)31)21-25(36)29-32(4)13-11-27(41-23(2)39)35(7,26(32)10-14-34(29,33)6)30(40)38-19-17-37-18-20-38/h21-22,26-28,37H,8-20H2,1-7H3/t22-,26?,27+,28?,31+,32-,33+,34+,35+/m0/s1. The van der Waals surface area contributed by atoms with E-state index < -0.39 is 11.5 Å². The van der Waals surface area contributed by atoms with Gasteiger partial charge in [0, 0.05) is 38.1 Å². The Hall–Kier alpha value is -1.33. The molecule has 0 aromatic rings. The van der Waals surface area contributed by atoms with Gasteiger partial charge in [-0.05, 0) is 103 Å². The molecular weight excluding hydrogens is 532 g/mol. The van der Waals surface area contributed by atoms with E-state index in [1.165, 1.54) is 44.6 Å². The molecule has 0 bridgehead atoms. The number of carbonyl (C=O) groups is 2. The van der Waals surface area contributed by atoms with Crippen LogP contribution in [0.25, 0.3) is 0 Å². The molecule has 5 nitrogen and oxygen atoms in total. The highest BCUT2D eigenvalue weighted by Crippen LogP contribution is 2.75. The second-order valence-corrected chi connectivity index (χ2v) is 16.4. The molecule has 0 aromatic carbocycles. The van der Waals surface area contributed by atoms with Gasteiger partial charge in [-0.2, -0.15) is 0 Å². The van der Waals surface area contributed by atoms with E-state index in [9.17, 15) is 9.59 Å². The number of hydrogen-bond acceptors (Lipinski definition) is 4. The molecule has 6 heteroatoms. The van der Waals surface area contributed by atoms with Gasteiger partial charge in [-0.25, -0.2) is 0 Å². The van der Waals surface area contributed by atoms with Crippen LogP contribution in [-0.2, 0) is 14.3 Å². The smallest absolute Gasteiger partial charge is 0.302 e. The van der Waals surface area contributed by atoms with Crippen LogP contribution < -0.4 is 5.32 Å². The maximum absolute atomic E-state index is 14.6. The van der Waals surface area contributed by atoms with Gasteiger partial charge < -0.3 is 15.0 Å². The molecule has 0 spiro atoms. The fourth-order valence-electron chi connectivity index (χ4n) is 11.7. The number of ether oxygens (including phenoxy) is 1. The first kappa shape index (κ1) is 29.7. The summed E-state index contributed by atoms with van der Waals surface area (Å²) in [7, 11) is 0. The monoisotopic (exact) mass is 584 g/mol. The predicted octanol–water partition coefficient (Wildman–Crippen LogP) is 7.25. The van der Waals surface area contributed by atoms with E-state index in [2.05, 4.69) is 52.9 Å².